The Balaban J connectivity index is 1.33. The molecule has 184 valence electrons. The normalized spacial score (nSPS) is 11.6. The molecule has 0 saturated heterocycles. The Kier molecular flexibility index (Phi) is 4.82. The SMILES string of the molecule is c1ccc(-c2ccc(N(c3ccc4oc5ccccc5c4c3)c3ccc4oc5ccccc5c4c3)cc2)cc1. The number of hydrogen-bond donors (Lipinski definition) is 0. The number of nitrogens with zero attached hydrogens (tertiary/aromatic N) is 1. The number of rotatable bonds is 4. The molecule has 2 aromatic heterocycles. The number of hydrogen-bond acceptors (Lipinski definition) is 3. The second kappa shape index (κ2) is 8.64. The van der Waals surface area contributed by atoms with Gasteiger partial charge in [-0.15, -0.1) is 0 Å². The van der Waals surface area contributed by atoms with Crippen molar-refractivity contribution in [3.05, 3.63) is 140 Å². The lowest BCUT2D eigenvalue weighted by molar-refractivity contribution is 0.668. The number of anilines is 3. The summed E-state index contributed by atoms with van der Waals surface area (Å²) in [5.41, 5.74) is 9.16. The highest BCUT2D eigenvalue weighted by molar-refractivity contribution is 6.08. The van der Waals surface area contributed by atoms with Crippen LogP contribution in [0.4, 0.5) is 17.1 Å². The molecule has 0 radical (unpaired) electrons. The van der Waals surface area contributed by atoms with E-state index in [9.17, 15) is 0 Å². The topological polar surface area (TPSA) is 29.5 Å². The van der Waals surface area contributed by atoms with E-state index in [0.29, 0.717) is 0 Å². The molecule has 0 atom stereocenters. The van der Waals surface area contributed by atoms with Gasteiger partial charge in [-0.1, -0.05) is 78.9 Å². The van der Waals surface area contributed by atoms with Crippen LogP contribution in [0.15, 0.2) is 148 Å². The van der Waals surface area contributed by atoms with E-state index in [1.165, 1.54) is 11.1 Å². The minimum atomic E-state index is 0.885. The summed E-state index contributed by atoms with van der Waals surface area (Å²) in [6.45, 7) is 0. The van der Waals surface area contributed by atoms with Crippen molar-refractivity contribution in [2.75, 3.05) is 4.90 Å². The molecule has 6 aromatic carbocycles. The van der Waals surface area contributed by atoms with Crippen LogP contribution in [0.5, 0.6) is 0 Å². The van der Waals surface area contributed by atoms with Crippen LogP contribution in [0.25, 0.3) is 55.0 Å². The van der Waals surface area contributed by atoms with E-state index in [2.05, 4.69) is 114 Å². The molecule has 0 aliphatic heterocycles. The lowest BCUT2D eigenvalue weighted by atomic mass is 10.0. The van der Waals surface area contributed by atoms with Crippen molar-refractivity contribution in [3.63, 3.8) is 0 Å². The summed E-state index contributed by atoms with van der Waals surface area (Å²) in [6.07, 6.45) is 0. The predicted molar refractivity (Wildman–Crippen MR) is 161 cm³/mol. The summed E-state index contributed by atoms with van der Waals surface area (Å²) in [5.74, 6) is 0. The van der Waals surface area contributed by atoms with Gasteiger partial charge in [0.05, 0.1) is 0 Å². The van der Waals surface area contributed by atoms with Gasteiger partial charge in [0.15, 0.2) is 0 Å². The Morgan fingerprint density at radius 1 is 0.333 bits per heavy atom. The van der Waals surface area contributed by atoms with Gasteiger partial charge in [0.1, 0.15) is 22.3 Å². The van der Waals surface area contributed by atoms with Crippen molar-refractivity contribution in [1.29, 1.82) is 0 Å². The second-order valence-electron chi connectivity index (χ2n) is 9.81. The highest BCUT2D eigenvalue weighted by Crippen LogP contribution is 2.41. The first kappa shape index (κ1) is 21.8. The van der Waals surface area contributed by atoms with Gasteiger partial charge in [-0.3, -0.25) is 0 Å². The number of furan rings is 2. The molecule has 3 heteroatoms. The second-order valence-corrected chi connectivity index (χ2v) is 9.81. The van der Waals surface area contributed by atoms with Crippen molar-refractivity contribution in [2.24, 2.45) is 0 Å². The molecule has 0 fully saturated rings. The Bertz CT molecular complexity index is 2000. The van der Waals surface area contributed by atoms with E-state index >= 15 is 0 Å². The van der Waals surface area contributed by atoms with Crippen LogP contribution in [0.2, 0.25) is 0 Å². The van der Waals surface area contributed by atoms with E-state index in [4.69, 9.17) is 8.83 Å². The fourth-order valence-electron chi connectivity index (χ4n) is 5.59. The van der Waals surface area contributed by atoms with Gasteiger partial charge in [0.2, 0.25) is 0 Å². The Morgan fingerprint density at radius 3 is 1.33 bits per heavy atom. The van der Waals surface area contributed by atoms with Gasteiger partial charge in [-0.2, -0.15) is 0 Å². The summed E-state index contributed by atoms with van der Waals surface area (Å²) in [5, 5.41) is 4.43. The lowest BCUT2D eigenvalue weighted by Crippen LogP contribution is -2.09. The van der Waals surface area contributed by atoms with Gasteiger partial charge < -0.3 is 13.7 Å². The van der Waals surface area contributed by atoms with E-state index < -0.39 is 0 Å². The molecular weight excluding hydrogens is 478 g/mol. The van der Waals surface area contributed by atoms with Crippen molar-refractivity contribution < 1.29 is 8.83 Å². The smallest absolute Gasteiger partial charge is 0.135 e. The third kappa shape index (κ3) is 3.59. The van der Waals surface area contributed by atoms with Crippen molar-refractivity contribution in [2.45, 2.75) is 0 Å². The van der Waals surface area contributed by atoms with E-state index in [-0.39, 0.29) is 0 Å². The van der Waals surface area contributed by atoms with Gasteiger partial charge in [0.25, 0.3) is 0 Å². The molecule has 3 nitrogen and oxygen atoms in total. The molecule has 0 spiro atoms. The summed E-state index contributed by atoms with van der Waals surface area (Å²) >= 11 is 0. The number of para-hydroxylation sites is 2. The molecule has 2 heterocycles. The van der Waals surface area contributed by atoms with Gasteiger partial charge in [-0.05, 0) is 71.8 Å². The quantitative estimate of drug-likeness (QED) is 0.240. The zero-order valence-corrected chi connectivity index (χ0v) is 21.0. The summed E-state index contributed by atoms with van der Waals surface area (Å²) in [4.78, 5) is 2.30. The molecule has 0 saturated carbocycles. The zero-order valence-electron chi connectivity index (χ0n) is 21.0. The Hall–Kier alpha value is -5.28. The van der Waals surface area contributed by atoms with E-state index in [1.54, 1.807) is 0 Å². The molecule has 0 aliphatic rings. The van der Waals surface area contributed by atoms with Crippen LogP contribution in [-0.2, 0) is 0 Å². The molecule has 39 heavy (non-hydrogen) atoms. The molecule has 8 rings (SSSR count). The van der Waals surface area contributed by atoms with Gasteiger partial charge in [-0.25, -0.2) is 0 Å². The highest BCUT2D eigenvalue weighted by Gasteiger charge is 2.17. The molecule has 0 N–H and O–H groups in total. The van der Waals surface area contributed by atoms with E-state index in [0.717, 1.165) is 60.9 Å². The van der Waals surface area contributed by atoms with Crippen LogP contribution < -0.4 is 4.90 Å². The van der Waals surface area contributed by atoms with E-state index in [1.807, 2.05) is 30.3 Å². The van der Waals surface area contributed by atoms with Gasteiger partial charge >= 0.3 is 0 Å². The zero-order chi connectivity index (χ0) is 25.8. The predicted octanol–water partition coefficient (Wildman–Crippen LogP) is 10.6. The van der Waals surface area contributed by atoms with Gasteiger partial charge in [0, 0.05) is 38.6 Å². The first-order chi connectivity index (χ1) is 19.3. The van der Waals surface area contributed by atoms with Crippen molar-refractivity contribution in [1.82, 2.24) is 0 Å². The van der Waals surface area contributed by atoms with Crippen LogP contribution in [0.1, 0.15) is 0 Å². The largest absolute Gasteiger partial charge is 0.456 e. The molecular formula is C36H23NO2. The van der Waals surface area contributed by atoms with Crippen LogP contribution in [0, 0.1) is 0 Å². The third-order valence-electron chi connectivity index (χ3n) is 7.47. The monoisotopic (exact) mass is 501 g/mol. The highest BCUT2D eigenvalue weighted by atomic mass is 16.3. The number of fused-ring (bicyclic) bond motifs is 6. The average Bonchev–Trinajstić information content (AvgIpc) is 3.56. The van der Waals surface area contributed by atoms with Crippen LogP contribution >= 0.6 is 0 Å². The fraction of sp³-hybridized carbons (Fsp3) is 0. The average molecular weight is 502 g/mol. The maximum atomic E-state index is 6.13. The third-order valence-corrected chi connectivity index (χ3v) is 7.47. The Labute approximate surface area is 225 Å². The molecule has 8 aromatic rings. The summed E-state index contributed by atoms with van der Waals surface area (Å²) in [6, 6.07) is 48.5. The van der Waals surface area contributed by atoms with Crippen LogP contribution in [-0.4, -0.2) is 0 Å². The molecule has 0 amide bonds. The summed E-state index contributed by atoms with van der Waals surface area (Å²) in [7, 11) is 0. The molecule has 0 unspecified atom stereocenters. The fourth-order valence-corrected chi connectivity index (χ4v) is 5.59. The maximum absolute atomic E-state index is 6.13. The Morgan fingerprint density at radius 2 is 0.769 bits per heavy atom. The van der Waals surface area contributed by atoms with Crippen LogP contribution in [0.3, 0.4) is 0 Å². The lowest BCUT2D eigenvalue weighted by Gasteiger charge is -2.26. The standard InChI is InChI=1S/C36H23NO2/c1-2-8-24(9-3-1)25-14-16-26(17-15-25)37(27-18-20-35-31(22-27)29-10-4-6-12-33(29)38-35)28-19-21-36-32(23-28)30-11-5-7-13-34(30)39-36/h1-23H. The number of benzene rings is 6. The maximum Gasteiger partial charge on any atom is 0.135 e. The summed E-state index contributed by atoms with van der Waals surface area (Å²) < 4.78 is 12.3. The van der Waals surface area contributed by atoms with Crippen molar-refractivity contribution in [3.8, 4) is 11.1 Å². The minimum Gasteiger partial charge on any atom is -0.456 e. The first-order valence-electron chi connectivity index (χ1n) is 13.1. The molecule has 0 bridgehead atoms. The van der Waals surface area contributed by atoms with Crippen molar-refractivity contribution >= 4 is 60.9 Å². The minimum absolute atomic E-state index is 0.885. The molecule has 0 aliphatic carbocycles. The first-order valence-corrected chi connectivity index (χ1v) is 13.1.